The standard InChI is InChI=1S/C10H8F3NO2/c11-10(12,13)6-16-9-3-7(5-15)1-2-8(9)4-14/h1-3,15H,5-6H2. The molecule has 0 atom stereocenters. The Bertz CT molecular complexity index is 410. The molecule has 0 heterocycles. The molecule has 0 saturated carbocycles. The highest BCUT2D eigenvalue weighted by Crippen LogP contribution is 2.23. The number of ether oxygens (including phenoxy) is 1. The minimum Gasteiger partial charge on any atom is -0.483 e. The topological polar surface area (TPSA) is 53.2 Å². The summed E-state index contributed by atoms with van der Waals surface area (Å²) in [6.45, 7) is -1.79. The Hall–Kier alpha value is -1.74. The van der Waals surface area contributed by atoms with Gasteiger partial charge in [0.2, 0.25) is 0 Å². The number of benzene rings is 1. The molecule has 0 amide bonds. The van der Waals surface area contributed by atoms with Crippen LogP contribution in [0.3, 0.4) is 0 Å². The Morgan fingerprint density at radius 2 is 2.06 bits per heavy atom. The molecule has 0 bridgehead atoms. The zero-order chi connectivity index (χ0) is 12.2. The highest BCUT2D eigenvalue weighted by atomic mass is 19.4. The van der Waals surface area contributed by atoms with Crippen LogP contribution in [0.4, 0.5) is 13.2 Å². The van der Waals surface area contributed by atoms with E-state index in [1.54, 1.807) is 6.07 Å². The van der Waals surface area contributed by atoms with Crippen LogP contribution >= 0.6 is 0 Å². The minimum atomic E-state index is -4.46. The Kier molecular flexibility index (Phi) is 3.74. The Labute approximate surface area is 89.7 Å². The zero-order valence-electron chi connectivity index (χ0n) is 8.08. The Morgan fingerprint density at radius 1 is 1.38 bits per heavy atom. The average molecular weight is 231 g/mol. The largest absolute Gasteiger partial charge is 0.483 e. The number of nitrogens with zero attached hydrogens (tertiary/aromatic N) is 1. The van der Waals surface area contributed by atoms with E-state index in [9.17, 15) is 13.2 Å². The third kappa shape index (κ3) is 3.44. The van der Waals surface area contributed by atoms with Crippen LogP contribution in [-0.2, 0) is 6.61 Å². The number of rotatable bonds is 3. The molecule has 0 spiro atoms. The predicted molar refractivity (Wildman–Crippen MR) is 48.6 cm³/mol. The van der Waals surface area contributed by atoms with Crippen LogP contribution in [0.5, 0.6) is 5.75 Å². The lowest BCUT2D eigenvalue weighted by molar-refractivity contribution is -0.153. The summed E-state index contributed by atoms with van der Waals surface area (Å²) in [5.74, 6) is -0.175. The van der Waals surface area contributed by atoms with Crippen molar-refractivity contribution in [2.75, 3.05) is 6.61 Å². The first kappa shape index (κ1) is 12.3. The lowest BCUT2D eigenvalue weighted by atomic mass is 10.1. The van der Waals surface area contributed by atoms with Crippen molar-refractivity contribution >= 4 is 0 Å². The van der Waals surface area contributed by atoms with E-state index in [2.05, 4.69) is 4.74 Å². The second kappa shape index (κ2) is 4.86. The van der Waals surface area contributed by atoms with Crippen LogP contribution in [0.2, 0.25) is 0 Å². The lowest BCUT2D eigenvalue weighted by Gasteiger charge is -2.11. The van der Waals surface area contributed by atoms with Crippen molar-refractivity contribution in [2.24, 2.45) is 0 Å². The average Bonchev–Trinajstić information content (AvgIpc) is 2.25. The van der Waals surface area contributed by atoms with E-state index in [0.29, 0.717) is 5.56 Å². The molecule has 0 saturated heterocycles. The number of hydrogen-bond acceptors (Lipinski definition) is 3. The number of nitriles is 1. The molecule has 1 aromatic rings. The van der Waals surface area contributed by atoms with Gasteiger partial charge in [0.25, 0.3) is 0 Å². The van der Waals surface area contributed by atoms with E-state index in [-0.39, 0.29) is 17.9 Å². The molecule has 1 N–H and O–H groups in total. The number of aliphatic hydroxyl groups excluding tert-OH is 1. The second-order valence-corrected chi connectivity index (χ2v) is 3.00. The summed E-state index contributed by atoms with van der Waals surface area (Å²) in [6, 6.07) is 5.67. The van der Waals surface area contributed by atoms with Crippen LogP contribution < -0.4 is 4.74 Å². The monoisotopic (exact) mass is 231 g/mol. The molecule has 0 unspecified atom stereocenters. The van der Waals surface area contributed by atoms with Gasteiger partial charge in [0.15, 0.2) is 6.61 Å². The molecule has 86 valence electrons. The van der Waals surface area contributed by atoms with Gasteiger partial charge >= 0.3 is 6.18 Å². The highest BCUT2D eigenvalue weighted by molar-refractivity contribution is 5.45. The Morgan fingerprint density at radius 3 is 2.56 bits per heavy atom. The lowest BCUT2D eigenvalue weighted by Crippen LogP contribution is -2.19. The summed E-state index contributed by atoms with van der Waals surface area (Å²) < 4.78 is 40.2. The van der Waals surface area contributed by atoms with Gasteiger partial charge in [-0.05, 0) is 17.7 Å². The molecule has 1 rings (SSSR count). The first-order chi connectivity index (χ1) is 7.46. The van der Waals surface area contributed by atoms with Crippen molar-refractivity contribution in [3.05, 3.63) is 29.3 Å². The summed E-state index contributed by atoms with van der Waals surface area (Å²) in [7, 11) is 0. The van der Waals surface area contributed by atoms with Crippen molar-refractivity contribution in [3.63, 3.8) is 0 Å². The number of alkyl halides is 3. The molecule has 0 aliphatic carbocycles. The van der Waals surface area contributed by atoms with E-state index in [1.807, 2.05) is 0 Å². The SMILES string of the molecule is N#Cc1ccc(CO)cc1OCC(F)(F)F. The Balaban J connectivity index is 2.89. The molecule has 0 aliphatic heterocycles. The summed E-state index contributed by atoms with van der Waals surface area (Å²) in [6.07, 6.45) is -4.46. The molecule has 0 fully saturated rings. The molecule has 6 heteroatoms. The van der Waals surface area contributed by atoms with Gasteiger partial charge < -0.3 is 9.84 Å². The summed E-state index contributed by atoms with van der Waals surface area (Å²) in [4.78, 5) is 0. The van der Waals surface area contributed by atoms with Crippen LogP contribution in [0.25, 0.3) is 0 Å². The van der Waals surface area contributed by atoms with Crippen molar-refractivity contribution < 1.29 is 23.0 Å². The van der Waals surface area contributed by atoms with Gasteiger partial charge in [0.05, 0.1) is 12.2 Å². The van der Waals surface area contributed by atoms with Gasteiger partial charge in [-0.3, -0.25) is 0 Å². The first-order valence-electron chi connectivity index (χ1n) is 4.29. The van der Waals surface area contributed by atoms with Crippen molar-refractivity contribution in [1.29, 1.82) is 5.26 Å². The molecule has 0 aromatic heterocycles. The van der Waals surface area contributed by atoms with E-state index < -0.39 is 12.8 Å². The maximum absolute atomic E-state index is 11.9. The smallest absolute Gasteiger partial charge is 0.422 e. The number of hydrogen-bond donors (Lipinski definition) is 1. The molecule has 3 nitrogen and oxygen atoms in total. The summed E-state index contributed by atoms with van der Waals surface area (Å²) >= 11 is 0. The molecule has 16 heavy (non-hydrogen) atoms. The summed E-state index contributed by atoms with van der Waals surface area (Å²) in [5, 5.41) is 17.4. The van der Waals surface area contributed by atoms with E-state index in [4.69, 9.17) is 10.4 Å². The van der Waals surface area contributed by atoms with Gasteiger partial charge in [-0.2, -0.15) is 18.4 Å². The van der Waals surface area contributed by atoms with Crippen LogP contribution in [0, 0.1) is 11.3 Å². The van der Waals surface area contributed by atoms with Gasteiger partial charge in [0, 0.05) is 0 Å². The van der Waals surface area contributed by atoms with Gasteiger partial charge in [-0.25, -0.2) is 0 Å². The summed E-state index contributed by atoms with van der Waals surface area (Å²) in [5.41, 5.74) is 0.387. The van der Waals surface area contributed by atoms with Crippen molar-refractivity contribution in [1.82, 2.24) is 0 Å². The fourth-order valence-electron chi connectivity index (χ4n) is 1.04. The highest BCUT2D eigenvalue weighted by Gasteiger charge is 2.28. The van der Waals surface area contributed by atoms with Gasteiger partial charge in [0.1, 0.15) is 11.8 Å². The molecule has 1 aromatic carbocycles. The van der Waals surface area contributed by atoms with E-state index in [1.165, 1.54) is 18.2 Å². The second-order valence-electron chi connectivity index (χ2n) is 3.00. The van der Waals surface area contributed by atoms with Crippen molar-refractivity contribution in [3.8, 4) is 11.8 Å². The fourth-order valence-corrected chi connectivity index (χ4v) is 1.04. The molecule has 0 radical (unpaired) electrons. The van der Waals surface area contributed by atoms with Crippen LogP contribution in [0.15, 0.2) is 18.2 Å². The predicted octanol–water partition coefficient (Wildman–Crippen LogP) is 1.99. The quantitative estimate of drug-likeness (QED) is 0.865. The number of aliphatic hydroxyl groups is 1. The minimum absolute atomic E-state index is 0.00134. The molecular formula is C10H8F3NO2. The van der Waals surface area contributed by atoms with Gasteiger partial charge in [-0.15, -0.1) is 0 Å². The third-order valence-corrected chi connectivity index (χ3v) is 1.74. The van der Waals surface area contributed by atoms with Crippen LogP contribution in [-0.4, -0.2) is 17.9 Å². The third-order valence-electron chi connectivity index (χ3n) is 1.74. The fraction of sp³-hybridized carbons (Fsp3) is 0.300. The normalized spacial score (nSPS) is 10.9. The van der Waals surface area contributed by atoms with Gasteiger partial charge in [-0.1, -0.05) is 6.07 Å². The molecular weight excluding hydrogens is 223 g/mol. The van der Waals surface area contributed by atoms with Crippen molar-refractivity contribution in [2.45, 2.75) is 12.8 Å². The maximum Gasteiger partial charge on any atom is 0.422 e. The maximum atomic E-state index is 11.9. The molecule has 0 aliphatic rings. The first-order valence-corrected chi connectivity index (χ1v) is 4.29. The van der Waals surface area contributed by atoms with E-state index in [0.717, 1.165) is 0 Å². The van der Waals surface area contributed by atoms with Crippen LogP contribution in [0.1, 0.15) is 11.1 Å². The number of halogens is 3. The zero-order valence-corrected chi connectivity index (χ0v) is 8.08. The van der Waals surface area contributed by atoms with E-state index >= 15 is 0 Å².